The molecule has 0 atom stereocenters. The van der Waals surface area contributed by atoms with Crippen molar-refractivity contribution in [1.82, 2.24) is 14.5 Å². The number of rotatable bonds is 6. The maximum Gasteiger partial charge on any atom is 0.0950 e. The second-order valence-corrected chi connectivity index (χ2v) is 5.87. The molecule has 1 aliphatic heterocycles. The Morgan fingerprint density at radius 1 is 1.26 bits per heavy atom. The van der Waals surface area contributed by atoms with Crippen LogP contribution in [0.2, 0.25) is 0 Å². The Morgan fingerprint density at radius 3 is 2.53 bits per heavy atom. The lowest BCUT2D eigenvalue weighted by Gasteiger charge is -2.40. The molecule has 108 valence electrons. The van der Waals surface area contributed by atoms with Crippen LogP contribution in [0.4, 0.5) is 0 Å². The Labute approximate surface area is 117 Å². The number of piperidine rings is 1. The average Bonchev–Trinajstić information content (AvgIpc) is 2.88. The molecule has 1 aromatic rings. The minimum atomic E-state index is 0.607. The quantitative estimate of drug-likeness (QED) is 0.857. The van der Waals surface area contributed by atoms with Gasteiger partial charge in [-0.2, -0.15) is 0 Å². The van der Waals surface area contributed by atoms with Gasteiger partial charge in [-0.25, -0.2) is 4.98 Å². The highest BCUT2D eigenvalue weighted by atomic mass is 15.2. The molecule has 0 saturated carbocycles. The molecular weight excluding hydrogens is 236 g/mol. The van der Waals surface area contributed by atoms with Crippen LogP contribution in [0.3, 0.4) is 0 Å². The molecule has 0 spiro atoms. The van der Waals surface area contributed by atoms with Gasteiger partial charge >= 0.3 is 0 Å². The minimum Gasteiger partial charge on any atom is -0.336 e. The fourth-order valence-electron chi connectivity index (χ4n) is 3.13. The van der Waals surface area contributed by atoms with Crippen molar-refractivity contribution < 1.29 is 0 Å². The largest absolute Gasteiger partial charge is 0.336 e. The van der Waals surface area contributed by atoms with Crippen molar-refractivity contribution in [2.24, 2.45) is 11.1 Å². The Hall–Kier alpha value is -0.870. The van der Waals surface area contributed by atoms with E-state index < -0.39 is 0 Å². The Balaban J connectivity index is 1.84. The SMILES string of the molecule is CCC1(CC)CCN(Cc2cn(CCN)cn2)CC1. The highest BCUT2D eigenvalue weighted by Gasteiger charge is 2.31. The van der Waals surface area contributed by atoms with Gasteiger partial charge in [0.2, 0.25) is 0 Å². The summed E-state index contributed by atoms with van der Waals surface area (Å²) in [6, 6.07) is 0. The monoisotopic (exact) mass is 264 g/mol. The van der Waals surface area contributed by atoms with E-state index in [1.54, 1.807) is 0 Å². The van der Waals surface area contributed by atoms with Crippen LogP contribution in [-0.2, 0) is 13.1 Å². The van der Waals surface area contributed by atoms with Crippen LogP contribution in [-0.4, -0.2) is 34.1 Å². The molecule has 0 unspecified atom stereocenters. The number of likely N-dealkylation sites (tertiary alicyclic amines) is 1. The first-order chi connectivity index (χ1) is 9.21. The van der Waals surface area contributed by atoms with Crippen LogP contribution < -0.4 is 5.73 Å². The van der Waals surface area contributed by atoms with Crippen LogP contribution in [0.1, 0.15) is 45.2 Å². The van der Waals surface area contributed by atoms with Gasteiger partial charge in [0.05, 0.1) is 12.0 Å². The number of nitrogens with zero attached hydrogens (tertiary/aromatic N) is 3. The van der Waals surface area contributed by atoms with Gasteiger partial charge in [-0.3, -0.25) is 4.90 Å². The molecular formula is C15H28N4. The number of aromatic nitrogens is 2. The summed E-state index contributed by atoms with van der Waals surface area (Å²) < 4.78 is 2.08. The lowest BCUT2D eigenvalue weighted by molar-refractivity contribution is 0.0901. The summed E-state index contributed by atoms with van der Waals surface area (Å²) in [5.41, 5.74) is 7.34. The molecule has 2 rings (SSSR count). The van der Waals surface area contributed by atoms with Crippen molar-refractivity contribution in [2.75, 3.05) is 19.6 Å². The summed E-state index contributed by atoms with van der Waals surface area (Å²) in [6.45, 7) is 9.63. The summed E-state index contributed by atoms with van der Waals surface area (Å²) in [7, 11) is 0. The summed E-state index contributed by atoms with van der Waals surface area (Å²) in [5, 5.41) is 0. The lowest BCUT2D eigenvalue weighted by atomic mass is 9.74. The molecule has 19 heavy (non-hydrogen) atoms. The van der Waals surface area contributed by atoms with Crippen molar-refractivity contribution in [3.8, 4) is 0 Å². The zero-order valence-corrected chi connectivity index (χ0v) is 12.4. The van der Waals surface area contributed by atoms with Crippen molar-refractivity contribution in [3.63, 3.8) is 0 Å². The molecule has 1 aliphatic rings. The number of hydrogen-bond donors (Lipinski definition) is 1. The van der Waals surface area contributed by atoms with E-state index in [2.05, 4.69) is 34.5 Å². The zero-order valence-electron chi connectivity index (χ0n) is 12.4. The highest BCUT2D eigenvalue weighted by molar-refractivity contribution is 4.97. The Morgan fingerprint density at radius 2 is 1.95 bits per heavy atom. The van der Waals surface area contributed by atoms with Gasteiger partial charge in [0.15, 0.2) is 0 Å². The van der Waals surface area contributed by atoms with Crippen LogP contribution >= 0.6 is 0 Å². The lowest BCUT2D eigenvalue weighted by Crippen LogP contribution is -2.39. The molecule has 0 bridgehead atoms. The van der Waals surface area contributed by atoms with Crippen molar-refractivity contribution >= 4 is 0 Å². The number of imidazole rings is 1. The van der Waals surface area contributed by atoms with E-state index >= 15 is 0 Å². The molecule has 0 aliphatic carbocycles. The van der Waals surface area contributed by atoms with E-state index in [0.717, 1.165) is 13.1 Å². The van der Waals surface area contributed by atoms with E-state index in [9.17, 15) is 0 Å². The summed E-state index contributed by atoms with van der Waals surface area (Å²) in [4.78, 5) is 7.01. The number of hydrogen-bond acceptors (Lipinski definition) is 3. The average molecular weight is 264 g/mol. The molecule has 0 aromatic carbocycles. The Kier molecular flexibility index (Phi) is 4.99. The first-order valence-corrected chi connectivity index (χ1v) is 7.64. The fourth-order valence-corrected chi connectivity index (χ4v) is 3.13. The molecule has 0 amide bonds. The maximum absolute atomic E-state index is 5.56. The van der Waals surface area contributed by atoms with E-state index in [0.29, 0.717) is 12.0 Å². The van der Waals surface area contributed by atoms with Gasteiger partial charge in [-0.1, -0.05) is 26.7 Å². The van der Waals surface area contributed by atoms with Crippen LogP contribution in [0.5, 0.6) is 0 Å². The van der Waals surface area contributed by atoms with E-state index in [1.165, 1.54) is 44.5 Å². The first-order valence-electron chi connectivity index (χ1n) is 7.64. The van der Waals surface area contributed by atoms with Crippen LogP contribution in [0.25, 0.3) is 0 Å². The van der Waals surface area contributed by atoms with Crippen LogP contribution in [0.15, 0.2) is 12.5 Å². The van der Waals surface area contributed by atoms with Gasteiger partial charge in [0.1, 0.15) is 0 Å². The van der Waals surface area contributed by atoms with Crippen LogP contribution in [0, 0.1) is 5.41 Å². The zero-order chi connectivity index (χ0) is 13.7. The molecule has 1 fully saturated rings. The van der Waals surface area contributed by atoms with Gasteiger partial charge < -0.3 is 10.3 Å². The summed E-state index contributed by atoms with van der Waals surface area (Å²) in [6.07, 6.45) is 9.35. The molecule has 1 saturated heterocycles. The summed E-state index contributed by atoms with van der Waals surface area (Å²) >= 11 is 0. The van der Waals surface area contributed by atoms with E-state index in [-0.39, 0.29) is 0 Å². The smallest absolute Gasteiger partial charge is 0.0950 e. The molecule has 2 N–H and O–H groups in total. The maximum atomic E-state index is 5.56. The third-order valence-electron chi connectivity index (χ3n) is 4.88. The normalized spacial score (nSPS) is 19.7. The summed E-state index contributed by atoms with van der Waals surface area (Å²) in [5.74, 6) is 0. The van der Waals surface area contributed by atoms with E-state index in [4.69, 9.17) is 5.73 Å². The van der Waals surface area contributed by atoms with Crippen molar-refractivity contribution in [2.45, 2.75) is 52.6 Å². The standard InChI is InChI=1S/C15H28N4/c1-3-15(4-2)5-8-18(9-6-15)11-14-12-19(10-7-16)13-17-14/h12-13H,3-11,16H2,1-2H3. The highest BCUT2D eigenvalue weighted by Crippen LogP contribution is 2.38. The van der Waals surface area contributed by atoms with Gasteiger partial charge in [-0.05, 0) is 31.3 Å². The first kappa shape index (κ1) is 14.5. The predicted octanol–water partition coefficient (Wildman–Crippen LogP) is 2.24. The van der Waals surface area contributed by atoms with Crippen molar-refractivity contribution in [3.05, 3.63) is 18.2 Å². The van der Waals surface area contributed by atoms with Crippen molar-refractivity contribution in [1.29, 1.82) is 0 Å². The molecule has 4 nitrogen and oxygen atoms in total. The third-order valence-corrected chi connectivity index (χ3v) is 4.88. The minimum absolute atomic E-state index is 0.607. The molecule has 1 aromatic heterocycles. The fraction of sp³-hybridized carbons (Fsp3) is 0.800. The topological polar surface area (TPSA) is 47.1 Å². The predicted molar refractivity (Wildman–Crippen MR) is 78.8 cm³/mol. The van der Waals surface area contributed by atoms with E-state index in [1.807, 2.05) is 6.33 Å². The molecule has 0 radical (unpaired) electrons. The molecule has 4 heteroatoms. The van der Waals surface area contributed by atoms with Gasteiger partial charge in [-0.15, -0.1) is 0 Å². The Bertz CT molecular complexity index is 371. The number of nitrogens with two attached hydrogens (primary N) is 1. The molecule has 2 heterocycles. The van der Waals surface area contributed by atoms with Gasteiger partial charge in [0.25, 0.3) is 0 Å². The van der Waals surface area contributed by atoms with Gasteiger partial charge in [0, 0.05) is 25.8 Å². The second kappa shape index (κ2) is 6.53. The second-order valence-electron chi connectivity index (χ2n) is 5.87. The third kappa shape index (κ3) is 3.57.